The number of anilines is 1. The zero-order valence-corrected chi connectivity index (χ0v) is 13.1. The quantitative estimate of drug-likeness (QED) is 0.920. The average molecular weight is 314 g/mol. The molecule has 2 aliphatic rings. The second kappa shape index (κ2) is 5.39. The van der Waals surface area contributed by atoms with Gasteiger partial charge >= 0.3 is 0 Å². The summed E-state index contributed by atoms with van der Waals surface area (Å²) in [5, 5.41) is 3.66. The van der Waals surface area contributed by atoms with Crippen LogP contribution in [-0.4, -0.2) is 28.0 Å². The molecule has 114 valence electrons. The SMILES string of the molecule is O=C1c2ccccc2NC2(CCSCC2)N1Cc1ccco1. The number of para-hydroxylation sites is 1. The molecule has 1 saturated heterocycles. The van der Waals surface area contributed by atoms with Gasteiger partial charge in [0, 0.05) is 5.69 Å². The van der Waals surface area contributed by atoms with Gasteiger partial charge in [0.1, 0.15) is 11.4 Å². The second-order valence-electron chi connectivity index (χ2n) is 5.79. The number of carbonyl (C=O) groups excluding carboxylic acids is 1. The van der Waals surface area contributed by atoms with Crippen molar-refractivity contribution in [3.05, 3.63) is 54.0 Å². The van der Waals surface area contributed by atoms with Gasteiger partial charge in [0.15, 0.2) is 0 Å². The molecule has 0 aliphatic carbocycles. The van der Waals surface area contributed by atoms with Crippen molar-refractivity contribution in [3.63, 3.8) is 0 Å². The van der Waals surface area contributed by atoms with E-state index in [2.05, 4.69) is 5.32 Å². The lowest BCUT2D eigenvalue weighted by Crippen LogP contribution is -2.61. The molecule has 2 aliphatic heterocycles. The first-order valence-electron chi connectivity index (χ1n) is 7.58. The van der Waals surface area contributed by atoms with Crippen LogP contribution in [0.25, 0.3) is 0 Å². The molecule has 0 unspecified atom stereocenters. The number of benzene rings is 1. The van der Waals surface area contributed by atoms with Crippen LogP contribution in [0.15, 0.2) is 47.1 Å². The number of furan rings is 1. The maximum absolute atomic E-state index is 13.1. The number of hydrogen-bond donors (Lipinski definition) is 1. The van der Waals surface area contributed by atoms with Crippen molar-refractivity contribution in [3.8, 4) is 0 Å². The predicted molar refractivity (Wildman–Crippen MR) is 87.9 cm³/mol. The largest absolute Gasteiger partial charge is 0.467 e. The first-order valence-corrected chi connectivity index (χ1v) is 8.73. The zero-order valence-electron chi connectivity index (χ0n) is 12.2. The summed E-state index contributed by atoms with van der Waals surface area (Å²) in [6.45, 7) is 0.512. The second-order valence-corrected chi connectivity index (χ2v) is 7.01. The van der Waals surface area contributed by atoms with E-state index in [-0.39, 0.29) is 11.6 Å². The molecule has 22 heavy (non-hydrogen) atoms. The third kappa shape index (κ3) is 2.20. The van der Waals surface area contributed by atoms with E-state index in [1.165, 1.54) is 0 Å². The van der Waals surface area contributed by atoms with Gasteiger partial charge in [-0.3, -0.25) is 4.79 Å². The van der Waals surface area contributed by atoms with Gasteiger partial charge in [0.05, 0.1) is 18.4 Å². The van der Waals surface area contributed by atoms with E-state index in [0.717, 1.165) is 41.4 Å². The smallest absolute Gasteiger partial charge is 0.258 e. The monoisotopic (exact) mass is 314 g/mol. The van der Waals surface area contributed by atoms with Crippen molar-refractivity contribution < 1.29 is 9.21 Å². The number of hydrogen-bond acceptors (Lipinski definition) is 4. The third-order valence-corrected chi connectivity index (χ3v) is 5.49. The Morgan fingerprint density at radius 3 is 2.77 bits per heavy atom. The van der Waals surface area contributed by atoms with Gasteiger partial charge < -0.3 is 14.6 Å². The molecular weight excluding hydrogens is 296 g/mol. The van der Waals surface area contributed by atoms with Crippen molar-refractivity contribution in [2.45, 2.75) is 25.0 Å². The Kier molecular flexibility index (Phi) is 3.37. The summed E-state index contributed by atoms with van der Waals surface area (Å²) >= 11 is 1.95. The zero-order chi connectivity index (χ0) is 15.0. The van der Waals surface area contributed by atoms with E-state index in [9.17, 15) is 4.79 Å². The Bertz CT molecular complexity index is 678. The number of fused-ring (bicyclic) bond motifs is 1. The lowest BCUT2D eigenvalue weighted by Gasteiger charge is -2.50. The van der Waals surface area contributed by atoms with Crippen LogP contribution in [0.3, 0.4) is 0 Å². The van der Waals surface area contributed by atoms with Crippen LogP contribution in [0.2, 0.25) is 0 Å². The highest BCUT2D eigenvalue weighted by Crippen LogP contribution is 2.40. The summed E-state index contributed by atoms with van der Waals surface area (Å²) in [6, 6.07) is 11.6. The average Bonchev–Trinajstić information content (AvgIpc) is 3.06. The topological polar surface area (TPSA) is 45.5 Å². The fourth-order valence-electron chi connectivity index (χ4n) is 3.32. The molecule has 0 saturated carbocycles. The van der Waals surface area contributed by atoms with Crippen LogP contribution in [0, 0.1) is 0 Å². The molecule has 0 radical (unpaired) electrons. The van der Waals surface area contributed by atoms with Crippen LogP contribution in [0.1, 0.15) is 29.0 Å². The number of thioether (sulfide) groups is 1. The molecule has 3 heterocycles. The summed E-state index contributed by atoms with van der Waals surface area (Å²) in [5.74, 6) is 3.05. The van der Waals surface area contributed by atoms with E-state index < -0.39 is 0 Å². The van der Waals surface area contributed by atoms with Crippen LogP contribution in [0.4, 0.5) is 5.69 Å². The first-order chi connectivity index (χ1) is 10.8. The molecule has 0 atom stereocenters. The molecule has 5 heteroatoms. The van der Waals surface area contributed by atoms with E-state index in [1.807, 2.05) is 53.1 Å². The molecule has 1 fully saturated rings. The molecule has 1 aromatic carbocycles. The lowest BCUT2D eigenvalue weighted by molar-refractivity contribution is 0.0428. The molecule has 0 bridgehead atoms. The van der Waals surface area contributed by atoms with Gasteiger partial charge in [-0.15, -0.1) is 0 Å². The van der Waals surface area contributed by atoms with Crippen LogP contribution in [0.5, 0.6) is 0 Å². The first kappa shape index (κ1) is 13.8. The number of rotatable bonds is 2. The molecule has 2 aromatic rings. The Labute approximate surface area is 133 Å². The molecule has 1 spiro atoms. The fourth-order valence-corrected chi connectivity index (χ4v) is 4.49. The Hall–Kier alpha value is -1.88. The van der Waals surface area contributed by atoms with Crippen molar-refractivity contribution in [2.75, 3.05) is 16.8 Å². The van der Waals surface area contributed by atoms with Crippen molar-refractivity contribution in [2.24, 2.45) is 0 Å². The van der Waals surface area contributed by atoms with Crippen LogP contribution in [-0.2, 0) is 6.54 Å². The number of nitrogens with one attached hydrogen (secondary N) is 1. The minimum Gasteiger partial charge on any atom is -0.467 e. The van der Waals surface area contributed by atoms with E-state index in [0.29, 0.717) is 6.54 Å². The Morgan fingerprint density at radius 1 is 1.18 bits per heavy atom. The van der Waals surface area contributed by atoms with E-state index in [1.54, 1.807) is 6.26 Å². The van der Waals surface area contributed by atoms with Gasteiger partial charge in [-0.25, -0.2) is 0 Å². The van der Waals surface area contributed by atoms with E-state index >= 15 is 0 Å². The Balaban J connectivity index is 1.75. The maximum atomic E-state index is 13.1. The summed E-state index contributed by atoms with van der Waals surface area (Å²) in [7, 11) is 0. The molecular formula is C17H18N2O2S. The predicted octanol–water partition coefficient (Wildman–Crippen LogP) is 3.57. The molecule has 1 N–H and O–H groups in total. The minimum absolute atomic E-state index is 0.0950. The normalized spacial score (nSPS) is 19.8. The Morgan fingerprint density at radius 2 is 2.00 bits per heavy atom. The standard InChI is InChI=1S/C17H18N2O2S/c20-16-14-5-1-2-6-15(14)18-17(7-10-22-11-8-17)19(16)12-13-4-3-9-21-13/h1-6,9,18H,7-8,10-12H2. The van der Waals surface area contributed by atoms with Gasteiger partial charge in [0.2, 0.25) is 0 Å². The maximum Gasteiger partial charge on any atom is 0.258 e. The van der Waals surface area contributed by atoms with Crippen LogP contribution < -0.4 is 5.32 Å². The molecule has 4 nitrogen and oxygen atoms in total. The van der Waals surface area contributed by atoms with Gasteiger partial charge in [-0.2, -0.15) is 11.8 Å². The van der Waals surface area contributed by atoms with Crippen molar-refractivity contribution in [1.82, 2.24) is 4.90 Å². The number of amides is 1. The summed E-state index contributed by atoms with van der Waals surface area (Å²) in [5.41, 5.74) is 1.41. The highest BCUT2D eigenvalue weighted by Gasteiger charge is 2.45. The van der Waals surface area contributed by atoms with Crippen molar-refractivity contribution in [1.29, 1.82) is 0 Å². The number of carbonyl (C=O) groups is 1. The molecule has 4 rings (SSSR count). The van der Waals surface area contributed by atoms with Crippen molar-refractivity contribution >= 4 is 23.4 Å². The van der Waals surface area contributed by atoms with E-state index in [4.69, 9.17) is 4.42 Å². The van der Waals surface area contributed by atoms with Gasteiger partial charge in [-0.1, -0.05) is 12.1 Å². The van der Waals surface area contributed by atoms with Crippen LogP contribution >= 0.6 is 11.8 Å². The van der Waals surface area contributed by atoms with Gasteiger partial charge in [0.25, 0.3) is 5.91 Å². The minimum atomic E-state index is -0.288. The van der Waals surface area contributed by atoms with Gasteiger partial charge in [-0.05, 0) is 48.6 Å². The summed E-state index contributed by atoms with van der Waals surface area (Å²) in [6.07, 6.45) is 3.57. The highest BCUT2D eigenvalue weighted by molar-refractivity contribution is 7.99. The highest BCUT2D eigenvalue weighted by atomic mass is 32.2. The number of nitrogens with zero attached hydrogens (tertiary/aromatic N) is 1. The fraction of sp³-hybridized carbons (Fsp3) is 0.353. The summed E-state index contributed by atoms with van der Waals surface area (Å²) < 4.78 is 5.48. The summed E-state index contributed by atoms with van der Waals surface area (Å²) in [4.78, 5) is 15.0. The third-order valence-electron chi connectivity index (χ3n) is 4.50. The lowest BCUT2D eigenvalue weighted by atomic mass is 9.93. The molecule has 1 amide bonds. The molecule has 1 aromatic heterocycles.